The van der Waals surface area contributed by atoms with Crippen LogP contribution in [0.3, 0.4) is 0 Å². The number of hydrogen-bond donors (Lipinski definition) is 1. The molecule has 1 N–H and O–H groups in total. The largest absolute Gasteiger partial charge is 0.416 e. The molecule has 0 spiro atoms. The Morgan fingerprint density at radius 3 is 2.60 bits per heavy atom. The Morgan fingerprint density at radius 1 is 1.20 bits per heavy atom. The van der Waals surface area contributed by atoms with Crippen molar-refractivity contribution in [3.63, 3.8) is 0 Å². The van der Waals surface area contributed by atoms with E-state index in [0.717, 1.165) is 12.1 Å². The number of carbonyl (C=O) groups excluding carboxylic acids is 1. The molecule has 0 amide bonds. The van der Waals surface area contributed by atoms with Crippen LogP contribution in [0.4, 0.5) is 24.7 Å². The summed E-state index contributed by atoms with van der Waals surface area (Å²) in [6.07, 6.45) is -3.81. The maximum Gasteiger partial charge on any atom is 0.416 e. The Bertz CT molecular complexity index is 639. The highest BCUT2D eigenvalue weighted by Crippen LogP contribution is 2.31. The minimum atomic E-state index is -4.41. The zero-order valence-corrected chi connectivity index (χ0v) is 10.5. The van der Waals surface area contributed by atoms with E-state index in [0.29, 0.717) is 12.0 Å². The van der Waals surface area contributed by atoms with E-state index in [-0.39, 0.29) is 17.1 Å². The minimum absolute atomic E-state index is 0.223. The molecular formula is C14H11F3N2O. The highest BCUT2D eigenvalue weighted by Gasteiger charge is 2.30. The van der Waals surface area contributed by atoms with Gasteiger partial charge in [-0.1, -0.05) is 6.07 Å². The predicted molar refractivity (Wildman–Crippen MR) is 69.1 cm³/mol. The molecule has 0 bridgehead atoms. The Morgan fingerprint density at radius 2 is 1.95 bits per heavy atom. The third kappa shape index (κ3) is 3.14. The van der Waals surface area contributed by atoms with Crippen LogP contribution in [0, 0.1) is 6.92 Å². The third-order valence-electron chi connectivity index (χ3n) is 2.65. The van der Waals surface area contributed by atoms with Gasteiger partial charge in [0.15, 0.2) is 6.29 Å². The highest BCUT2D eigenvalue weighted by molar-refractivity contribution is 5.84. The fourth-order valence-electron chi connectivity index (χ4n) is 1.67. The number of carbonyl (C=O) groups is 1. The first-order chi connectivity index (χ1) is 9.40. The predicted octanol–water partition coefficient (Wildman–Crippen LogP) is 3.96. The van der Waals surface area contributed by atoms with Gasteiger partial charge in [-0.25, -0.2) is 4.98 Å². The van der Waals surface area contributed by atoms with Crippen molar-refractivity contribution in [1.82, 2.24) is 4.98 Å². The molecule has 6 heteroatoms. The first-order valence-electron chi connectivity index (χ1n) is 5.77. The lowest BCUT2D eigenvalue weighted by Gasteiger charge is -2.11. The molecule has 104 valence electrons. The van der Waals surface area contributed by atoms with Crippen LogP contribution in [0.2, 0.25) is 0 Å². The summed E-state index contributed by atoms with van der Waals surface area (Å²) < 4.78 is 37.8. The number of rotatable bonds is 3. The summed E-state index contributed by atoms with van der Waals surface area (Å²) in [6, 6.07) is 7.94. The van der Waals surface area contributed by atoms with Gasteiger partial charge in [-0.3, -0.25) is 4.79 Å². The molecule has 0 aliphatic rings. The minimum Gasteiger partial charge on any atom is -0.340 e. The van der Waals surface area contributed by atoms with Crippen molar-refractivity contribution in [2.75, 3.05) is 5.32 Å². The van der Waals surface area contributed by atoms with Crippen LogP contribution in [0.25, 0.3) is 0 Å². The molecule has 0 aliphatic heterocycles. The van der Waals surface area contributed by atoms with Gasteiger partial charge in [-0.15, -0.1) is 0 Å². The number of aromatic nitrogens is 1. The van der Waals surface area contributed by atoms with Gasteiger partial charge in [0, 0.05) is 11.4 Å². The summed E-state index contributed by atoms with van der Waals surface area (Å²) in [5, 5.41) is 2.73. The molecule has 1 aromatic heterocycles. The van der Waals surface area contributed by atoms with E-state index in [1.165, 1.54) is 12.1 Å². The summed E-state index contributed by atoms with van der Waals surface area (Å²) in [5.41, 5.74) is 0.405. The molecule has 2 aromatic rings. The first kappa shape index (κ1) is 14.0. The Balaban J connectivity index is 2.35. The third-order valence-corrected chi connectivity index (χ3v) is 2.65. The lowest BCUT2D eigenvalue weighted by atomic mass is 10.2. The zero-order chi connectivity index (χ0) is 14.8. The van der Waals surface area contributed by atoms with Gasteiger partial charge in [0.1, 0.15) is 5.82 Å². The lowest BCUT2D eigenvalue weighted by Crippen LogP contribution is -2.06. The molecule has 3 nitrogen and oxygen atoms in total. The second kappa shape index (κ2) is 5.32. The van der Waals surface area contributed by atoms with Gasteiger partial charge in [0.2, 0.25) is 0 Å². The van der Waals surface area contributed by atoms with Crippen LogP contribution in [-0.4, -0.2) is 11.3 Å². The van der Waals surface area contributed by atoms with E-state index in [4.69, 9.17) is 0 Å². The first-order valence-corrected chi connectivity index (χ1v) is 5.77. The molecule has 0 radical (unpaired) electrons. The molecule has 0 fully saturated rings. The monoisotopic (exact) mass is 280 g/mol. The van der Waals surface area contributed by atoms with Gasteiger partial charge in [-0.05, 0) is 37.3 Å². The number of hydrogen-bond acceptors (Lipinski definition) is 3. The van der Waals surface area contributed by atoms with E-state index >= 15 is 0 Å². The van der Waals surface area contributed by atoms with Crippen LogP contribution in [0.15, 0.2) is 36.4 Å². The fraction of sp³-hybridized carbons (Fsp3) is 0.143. The fourth-order valence-corrected chi connectivity index (χ4v) is 1.67. The molecule has 0 saturated heterocycles. The summed E-state index contributed by atoms with van der Waals surface area (Å²) >= 11 is 0. The van der Waals surface area contributed by atoms with Crippen molar-refractivity contribution in [3.05, 3.63) is 53.2 Å². The molecule has 2 rings (SSSR count). The molecule has 0 unspecified atom stereocenters. The van der Waals surface area contributed by atoms with Gasteiger partial charge in [0.25, 0.3) is 0 Å². The summed E-state index contributed by atoms with van der Waals surface area (Å²) in [7, 11) is 0. The van der Waals surface area contributed by atoms with E-state index in [1.807, 2.05) is 0 Å². The number of aryl methyl sites for hydroxylation is 1. The second-order valence-corrected chi connectivity index (χ2v) is 4.21. The van der Waals surface area contributed by atoms with Crippen molar-refractivity contribution in [1.29, 1.82) is 0 Å². The number of aldehydes is 1. The molecule has 1 heterocycles. The van der Waals surface area contributed by atoms with E-state index in [9.17, 15) is 18.0 Å². The molecule has 1 aromatic carbocycles. The quantitative estimate of drug-likeness (QED) is 0.865. The van der Waals surface area contributed by atoms with Crippen LogP contribution < -0.4 is 5.32 Å². The van der Waals surface area contributed by atoms with Gasteiger partial charge < -0.3 is 5.32 Å². The van der Waals surface area contributed by atoms with Crippen molar-refractivity contribution in [2.45, 2.75) is 13.1 Å². The summed E-state index contributed by atoms with van der Waals surface area (Å²) in [6.45, 7) is 1.73. The van der Waals surface area contributed by atoms with Crippen molar-refractivity contribution in [3.8, 4) is 0 Å². The van der Waals surface area contributed by atoms with Crippen LogP contribution in [0.1, 0.15) is 21.6 Å². The second-order valence-electron chi connectivity index (χ2n) is 4.21. The average Bonchev–Trinajstić information content (AvgIpc) is 2.38. The standard InChI is InChI=1S/C14H11F3N2O/c1-9-5-6-10(8-20)13(18-9)19-12-4-2-3-11(7-12)14(15,16)17/h2-8H,1H3,(H,18,19). The van der Waals surface area contributed by atoms with Crippen molar-refractivity contribution in [2.24, 2.45) is 0 Å². The van der Waals surface area contributed by atoms with E-state index < -0.39 is 11.7 Å². The summed E-state index contributed by atoms with van der Waals surface area (Å²) in [4.78, 5) is 15.0. The van der Waals surface area contributed by atoms with Gasteiger partial charge >= 0.3 is 6.18 Å². The number of alkyl halides is 3. The smallest absolute Gasteiger partial charge is 0.340 e. The van der Waals surface area contributed by atoms with Crippen LogP contribution in [-0.2, 0) is 6.18 Å². The van der Waals surface area contributed by atoms with Crippen LogP contribution >= 0.6 is 0 Å². The maximum absolute atomic E-state index is 12.6. The molecule has 0 atom stereocenters. The number of benzene rings is 1. The highest BCUT2D eigenvalue weighted by atomic mass is 19.4. The van der Waals surface area contributed by atoms with Gasteiger partial charge in [0.05, 0.1) is 11.1 Å². The topological polar surface area (TPSA) is 42.0 Å². The van der Waals surface area contributed by atoms with E-state index in [2.05, 4.69) is 10.3 Å². The molecular weight excluding hydrogens is 269 g/mol. The summed E-state index contributed by atoms with van der Waals surface area (Å²) in [5.74, 6) is 0.235. The number of anilines is 2. The number of pyridine rings is 1. The number of nitrogens with zero attached hydrogens (tertiary/aromatic N) is 1. The Labute approximate surface area is 113 Å². The molecule has 0 saturated carbocycles. The lowest BCUT2D eigenvalue weighted by molar-refractivity contribution is -0.137. The number of nitrogens with one attached hydrogen (secondary N) is 1. The van der Waals surface area contributed by atoms with Crippen LogP contribution in [0.5, 0.6) is 0 Å². The Hall–Kier alpha value is -2.37. The SMILES string of the molecule is Cc1ccc(C=O)c(Nc2cccc(C(F)(F)F)c2)n1. The normalized spacial score (nSPS) is 11.2. The van der Waals surface area contributed by atoms with Crippen molar-refractivity contribution >= 4 is 17.8 Å². The number of halogens is 3. The van der Waals surface area contributed by atoms with Crippen molar-refractivity contribution < 1.29 is 18.0 Å². The molecule has 0 aliphatic carbocycles. The average molecular weight is 280 g/mol. The Kier molecular flexibility index (Phi) is 3.74. The molecule has 20 heavy (non-hydrogen) atoms. The van der Waals surface area contributed by atoms with E-state index in [1.54, 1.807) is 19.1 Å². The maximum atomic E-state index is 12.6. The zero-order valence-electron chi connectivity index (χ0n) is 10.5. The van der Waals surface area contributed by atoms with Gasteiger partial charge in [-0.2, -0.15) is 13.2 Å².